The van der Waals surface area contributed by atoms with Gasteiger partial charge in [0.2, 0.25) is 0 Å². The summed E-state index contributed by atoms with van der Waals surface area (Å²) >= 11 is 11.3. The molecular formula is C32H60N2S6. The lowest BCUT2D eigenvalue weighted by molar-refractivity contribution is 0.450. The van der Waals surface area contributed by atoms with Crippen molar-refractivity contribution in [1.82, 2.24) is 9.80 Å². The first-order chi connectivity index (χ1) is 19.8. The van der Waals surface area contributed by atoms with Gasteiger partial charge in [0.15, 0.2) is 0 Å². The number of thiocarbonyl (C=S) groups is 2. The molecule has 0 aromatic heterocycles. The maximum Gasteiger partial charge on any atom is 0.147 e. The first-order valence-corrected chi connectivity index (χ1v) is 22.4. The smallest absolute Gasteiger partial charge is 0.147 e. The second-order valence-corrected chi connectivity index (χ2v) is 17.9. The lowest BCUT2D eigenvalue weighted by Crippen LogP contribution is -2.27. The molecule has 0 unspecified atom stereocenters. The van der Waals surface area contributed by atoms with Crippen LogP contribution in [0.4, 0.5) is 0 Å². The molecule has 234 valence electrons. The Bertz CT molecular complexity index is 552. The molecule has 0 aromatic rings. The Labute approximate surface area is 276 Å². The van der Waals surface area contributed by atoms with Crippen LogP contribution in [0.2, 0.25) is 0 Å². The average Bonchev–Trinajstić information content (AvgIpc) is 3.42. The largest absolute Gasteiger partial charge is 0.357 e. The Balaban J connectivity index is 1.21. The summed E-state index contributed by atoms with van der Waals surface area (Å²) in [6.07, 6.45) is 33.6. The number of likely N-dealkylation sites (tertiary alicyclic amines) is 2. The fraction of sp³-hybridized carbons (Fsp3) is 0.938. The quantitative estimate of drug-likeness (QED) is 0.0671. The maximum absolute atomic E-state index is 5.65. The highest BCUT2D eigenvalue weighted by Crippen LogP contribution is 2.29. The van der Waals surface area contributed by atoms with Crippen LogP contribution < -0.4 is 0 Å². The minimum Gasteiger partial charge on any atom is -0.357 e. The molecule has 40 heavy (non-hydrogen) atoms. The summed E-state index contributed by atoms with van der Waals surface area (Å²) in [6.45, 7) is 4.73. The molecule has 0 N–H and O–H groups in total. The third kappa shape index (κ3) is 21.0. The predicted molar refractivity (Wildman–Crippen MR) is 199 cm³/mol. The van der Waals surface area contributed by atoms with Gasteiger partial charge in [-0.3, -0.25) is 0 Å². The lowest BCUT2D eigenvalue weighted by atomic mass is 10.0. The number of hydrogen-bond acceptors (Lipinski definition) is 6. The van der Waals surface area contributed by atoms with Gasteiger partial charge in [0, 0.05) is 37.7 Å². The fourth-order valence-electron chi connectivity index (χ4n) is 5.59. The molecular weight excluding hydrogens is 605 g/mol. The molecule has 2 heterocycles. The first-order valence-electron chi connectivity index (χ1n) is 16.9. The van der Waals surface area contributed by atoms with E-state index >= 15 is 0 Å². The zero-order chi connectivity index (χ0) is 28.4. The molecule has 2 saturated heterocycles. The molecule has 0 saturated carbocycles. The molecule has 2 fully saturated rings. The molecule has 2 aliphatic heterocycles. The van der Waals surface area contributed by atoms with E-state index in [1.165, 1.54) is 192 Å². The monoisotopic (exact) mass is 664 g/mol. The van der Waals surface area contributed by atoms with Gasteiger partial charge in [-0.15, -0.1) is 0 Å². The van der Waals surface area contributed by atoms with Crippen molar-refractivity contribution >= 4 is 76.3 Å². The maximum atomic E-state index is 5.65. The van der Waals surface area contributed by atoms with Gasteiger partial charge in [-0.2, -0.15) is 0 Å². The normalized spacial score (nSPS) is 16.6. The van der Waals surface area contributed by atoms with E-state index in [4.69, 9.17) is 24.4 Å². The van der Waals surface area contributed by atoms with Gasteiger partial charge in [-0.25, -0.2) is 0 Å². The van der Waals surface area contributed by atoms with Gasteiger partial charge in [0.05, 0.1) is 0 Å². The van der Waals surface area contributed by atoms with Gasteiger partial charge in [0.1, 0.15) is 8.64 Å². The van der Waals surface area contributed by atoms with Crippen LogP contribution in [0.25, 0.3) is 0 Å². The van der Waals surface area contributed by atoms with Gasteiger partial charge < -0.3 is 9.80 Å². The topological polar surface area (TPSA) is 6.48 Å². The fourth-order valence-corrected chi connectivity index (χ4v) is 10.9. The average molecular weight is 665 g/mol. The van der Waals surface area contributed by atoms with Crippen LogP contribution in [0.5, 0.6) is 0 Å². The molecule has 2 nitrogen and oxygen atoms in total. The molecule has 0 aromatic carbocycles. The van der Waals surface area contributed by atoms with Gasteiger partial charge >= 0.3 is 0 Å². The second-order valence-electron chi connectivity index (χ2n) is 11.8. The van der Waals surface area contributed by atoms with Crippen LogP contribution in [0.3, 0.4) is 0 Å². The second kappa shape index (κ2) is 27.7. The van der Waals surface area contributed by atoms with Crippen LogP contribution in [0.15, 0.2) is 0 Å². The molecule has 0 aliphatic carbocycles. The Morgan fingerprint density at radius 2 is 0.625 bits per heavy atom. The number of unbranched alkanes of at least 4 members (excludes halogenated alkanes) is 15. The van der Waals surface area contributed by atoms with Gasteiger partial charge in [-0.05, 0) is 60.1 Å². The van der Waals surface area contributed by atoms with Crippen molar-refractivity contribution in [2.45, 2.75) is 154 Å². The third-order valence-electron chi connectivity index (χ3n) is 8.19. The van der Waals surface area contributed by atoms with Crippen LogP contribution in [-0.4, -0.2) is 56.1 Å². The Hall–Kier alpha value is 1.18. The molecule has 8 heteroatoms. The summed E-state index contributed by atoms with van der Waals surface area (Å²) in [5.41, 5.74) is 0. The van der Waals surface area contributed by atoms with E-state index in [-0.39, 0.29) is 0 Å². The zero-order valence-electron chi connectivity index (χ0n) is 25.6. The van der Waals surface area contributed by atoms with Crippen molar-refractivity contribution in [3.8, 4) is 0 Å². The lowest BCUT2D eigenvalue weighted by Gasteiger charge is -2.21. The van der Waals surface area contributed by atoms with Crippen molar-refractivity contribution < 1.29 is 0 Å². The molecule has 0 bridgehead atoms. The first kappa shape index (κ1) is 37.4. The SMILES string of the molecule is S=C(SSCCCCCCCCCCCCCCCCCCSSC(=S)N1CCCCCC1)N1CCCCCC1. The van der Waals surface area contributed by atoms with Crippen molar-refractivity contribution in [2.75, 3.05) is 37.7 Å². The molecule has 2 rings (SSSR count). The van der Waals surface area contributed by atoms with Crippen molar-refractivity contribution in [3.05, 3.63) is 0 Å². The predicted octanol–water partition coefficient (Wildman–Crippen LogP) is 12.3. The van der Waals surface area contributed by atoms with Crippen LogP contribution in [-0.2, 0) is 0 Å². The molecule has 0 atom stereocenters. The van der Waals surface area contributed by atoms with E-state index < -0.39 is 0 Å². The molecule has 0 amide bonds. The van der Waals surface area contributed by atoms with Crippen molar-refractivity contribution in [1.29, 1.82) is 0 Å². The van der Waals surface area contributed by atoms with Crippen molar-refractivity contribution in [3.63, 3.8) is 0 Å². The standard InChI is InChI=1S/C32H60N2S6/c35-31(33-25-19-13-14-20-26-33)39-37-29-23-17-11-9-7-5-3-1-2-4-6-8-10-12-18-24-30-38-40-32(36)34-27-21-15-16-22-28-34/h1-30H2. The number of nitrogens with zero attached hydrogens (tertiary/aromatic N) is 2. The summed E-state index contributed by atoms with van der Waals surface area (Å²) in [6, 6.07) is 0. The van der Waals surface area contributed by atoms with E-state index in [0.717, 1.165) is 8.64 Å². The Kier molecular flexibility index (Phi) is 25.9. The van der Waals surface area contributed by atoms with E-state index in [1.54, 1.807) is 0 Å². The summed E-state index contributed by atoms with van der Waals surface area (Å²) < 4.78 is 2.26. The summed E-state index contributed by atoms with van der Waals surface area (Å²) in [5, 5.41) is 0. The van der Waals surface area contributed by atoms with E-state index in [2.05, 4.69) is 9.80 Å². The zero-order valence-corrected chi connectivity index (χ0v) is 30.5. The third-order valence-corrected chi connectivity index (χ3v) is 14.4. The summed E-state index contributed by atoms with van der Waals surface area (Å²) in [5.74, 6) is 2.51. The van der Waals surface area contributed by atoms with E-state index in [1.807, 2.05) is 43.2 Å². The highest BCUT2D eigenvalue weighted by atomic mass is 33.1. The Morgan fingerprint density at radius 1 is 0.375 bits per heavy atom. The number of hydrogen-bond donors (Lipinski definition) is 0. The van der Waals surface area contributed by atoms with Crippen LogP contribution >= 0.6 is 67.6 Å². The molecule has 0 spiro atoms. The minimum absolute atomic E-state index is 1.13. The van der Waals surface area contributed by atoms with Gasteiger partial charge in [-0.1, -0.05) is 162 Å². The van der Waals surface area contributed by atoms with Crippen LogP contribution in [0.1, 0.15) is 154 Å². The van der Waals surface area contributed by atoms with E-state index in [9.17, 15) is 0 Å². The molecule has 0 radical (unpaired) electrons. The highest BCUT2D eigenvalue weighted by molar-refractivity contribution is 8.84. The Morgan fingerprint density at radius 3 is 0.900 bits per heavy atom. The summed E-state index contributed by atoms with van der Waals surface area (Å²) in [7, 11) is 7.68. The highest BCUT2D eigenvalue weighted by Gasteiger charge is 2.13. The van der Waals surface area contributed by atoms with Crippen LogP contribution in [0, 0.1) is 0 Å². The van der Waals surface area contributed by atoms with Gasteiger partial charge in [0.25, 0.3) is 0 Å². The van der Waals surface area contributed by atoms with E-state index in [0.29, 0.717) is 0 Å². The minimum atomic E-state index is 1.13. The number of rotatable bonds is 21. The molecule has 2 aliphatic rings. The van der Waals surface area contributed by atoms with Crippen molar-refractivity contribution in [2.24, 2.45) is 0 Å². The summed E-state index contributed by atoms with van der Waals surface area (Å²) in [4.78, 5) is 4.88.